The summed E-state index contributed by atoms with van der Waals surface area (Å²) < 4.78 is 27.0. The maximum Gasteiger partial charge on any atom is 0.204 e. The molecule has 1 N–H and O–H groups in total. The van der Waals surface area contributed by atoms with Crippen molar-refractivity contribution in [1.29, 1.82) is 0 Å². The number of hydrogen-bond donors (Lipinski definition) is 1. The average molecular weight is 544 g/mol. The topological polar surface area (TPSA) is 101 Å². The van der Waals surface area contributed by atoms with Crippen LogP contribution in [0.25, 0.3) is 0 Å². The molecule has 0 saturated heterocycles. The molecule has 0 spiro atoms. The number of phenolic OH excluding ortho intramolecular Hbond substituents is 1. The molecule has 0 amide bonds. The third-order valence-corrected chi connectivity index (χ3v) is 5.34. The summed E-state index contributed by atoms with van der Waals surface area (Å²) in [6.45, 7) is 2.04. The second-order valence-electron chi connectivity index (χ2n) is 6.31. The Bertz CT molecular complexity index is 945. The second kappa shape index (κ2) is 11.1. The Morgan fingerprint density at radius 2 is 1.39 bits per heavy atom. The Labute approximate surface area is 194 Å². The van der Waals surface area contributed by atoms with E-state index < -0.39 is 0 Å². The van der Waals surface area contributed by atoms with Crippen LogP contribution in [-0.2, 0) is 0 Å². The van der Waals surface area contributed by atoms with Gasteiger partial charge in [0, 0.05) is 18.4 Å². The van der Waals surface area contributed by atoms with Crippen LogP contribution in [0.3, 0.4) is 0 Å². The van der Waals surface area contributed by atoms with Crippen LogP contribution in [0.2, 0.25) is 0 Å². The molecule has 0 aliphatic heterocycles. The van der Waals surface area contributed by atoms with Gasteiger partial charge < -0.3 is 28.8 Å². The molecule has 8 nitrogen and oxygen atoms in total. The Morgan fingerprint density at radius 1 is 0.839 bits per heavy atom. The molecule has 168 valence electrons. The number of benzene rings is 2. The molecule has 0 bridgehead atoms. The van der Waals surface area contributed by atoms with Gasteiger partial charge in [0.2, 0.25) is 11.5 Å². The molecule has 0 aliphatic carbocycles. The molecule has 0 fully saturated rings. The number of phenols is 1. The highest BCUT2D eigenvalue weighted by molar-refractivity contribution is 14.1. The number of ether oxygens (including phenoxy) is 5. The minimum Gasteiger partial charge on any atom is -0.503 e. The summed E-state index contributed by atoms with van der Waals surface area (Å²) in [6, 6.07) is 4.62. The van der Waals surface area contributed by atoms with Gasteiger partial charge in [-0.2, -0.15) is 0 Å². The molecule has 2 rings (SSSR count). The van der Waals surface area contributed by atoms with E-state index in [1.54, 1.807) is 19.1 Å². The minimum atomic E-state index is -0.305. The van der Waals surface area contributed by atoms with Crippen molar-refractivity contribution >= 4 is 34.2 Å². The van der Waals surface area contributed by atoms with Crippen molar-refractivity contribution in [2.24, 2.45) is 0 Å². The van der Waals surface area contributed by atoms with Crippen LogP contribution in [0.5, 0.6) is 34.5 Å². The van der Waals surface area contributed by atoms with Crippen LogP contribution < -0.4 is 23.7 Å². The summed E-state index contributed by atoms with van der Waals surface area (Å²) in [5.41, 5.74) is 0.587. The van der Waals surface area contributed by atoms with Crippen molar-refractivity contribution in [3.63, 3.8) is 0 Å². The third kappa shape index (κ3) is 5.33. The van der Waals surface area contributed by atoms with Crippen molar-refractivity contribution < 1.29 is 38.4 Å². The lowest BCUT2D eigenvalue weighted by Gasteiger charge is -2.16. The lowest BCUT2D eigenvalue weighted by Crippen LogP contribution is -2.09. The lowest BCUT2D eigenvalue weighted by molar-refractivity contribution is 0.0914. The standard InChI is InChI=1S/C22H25IO8/c1-6-31-20-13(11-14(23)19(26)22(20)30-5)16(25)8-7-15(24)12-9-17(27-2)21(29-4)18(10-12)28-3/h9-11,26H,6-8H2,1-5H3. The highest BCUT2D eigenvalue weighted by Crippen LogP contribution is 2.43. The predicted octanol–water partition coefficient (Wildman–Crippen LogP) is 4.28. The number of rotatable bonds is 11. The van der Waals surface area contributed by atoms with Gasteiger partial charge in [-0.1, -0.05) is 0 Å². The summed E-state index contributed by atoms with van der Waals surface area (Å²) in [6.07, 6.45) is -0.0949. The molecule has 2 aromatic rings. The van der Waals surface area contributed by atoms with E-state index in [9.17, 15) is 14.7 Å². The summed E-state index contributed by atoms with van der Waals surface area (Å²) in [5, 5.41) is 10.2. The normalized spacial score (nSPS) is 10.4. The third-order valence-electron chi connectivity index (χ3n) is 4.52. The monoisotopic (exact) mass is 544 g/mol. The predicted molar refractivity (Wildman–Crippen MR) is 123 cm³/mol. The molecule has 2 aromatic carbocycles. The van der Waals surface area contributed by atoms with Crippen LogP contribution in [0, 0.1) is 3.57 Å². The fourth-order valence-corrected chi connectivity index (χ4v) is 3.59. The number of Topliss-reactive ketones (excluding diaryl/α,β-unsaturated/α-hetero) is 2. The number of carbonyl (C=O) groups is 2. The molecule has 0 heterocycles. The Hall–Kier alpha value is -2.69. The maximum atomic E-state index is 12.9. The number of carbonyl (C=O) groups excluding carboxylic acids is 2. The number of aromatic hydroxyl groups is 1. The molecule has 0 radical (unpaired) electrons. The van der Waals surface area contributed by atoms with Crippen LogP contribution in [-0.4, -0.2) is 51.7 Å². The van der Waals surface area contributed by atoms with Crippen molar-refractivity contribution in [3.05, 3.63) is 32.9 Å². The number of methoxy groups -OCH3 is 4. The largest absolute Gasteiger partial charge is 0.503 e. The number of hydrogen-bond acceptors (Lipinski definition) is 8. The van der Waals surface area contributed by atoms with E-state index >= 15 is 0 Å². The molecular weight excluding hydrogens is 519 g/mol. The first-order valence-electron chi connectivity index (χ1n) is 9.41. The highest BCUT2D eigenvalue weighted by atomic mass is 127. The van der Waals surface area contributed by atoms with E-state index in [-0.39, 0.29) is 53.8 Å². The SMILES string of the molecule is CCOc1c(C(=O)CCC(=O)c2cc(OC)c(OC)c(OC)c2)cc(I)c(O)c1OC. The van der Waals surface area contributed by atoms with Gasteiger partial charge in [0.25, 0.3) is 0 Å². The molecule has 0 saturated carbocycles. The first kappa shape index (κ1) is 24.6. The van der Waals surface area contributed by atoms with Gasteiger partial charge >= 0.3 is 0 Å². The fourth-order valence-electron chi connectivity index (χ4n) is 3.03. The number of ketones is 2. The first-order chi connectivity index (χ1) is 14.8. The molecule has 0 unspecified atom stereocenters. The van der Waals surface area contributed by atoms with Crippen molar-refractivity contribution in [3.8, 4) is 34.5 Å². The molecule has 31 heavy (non-hydrogen) atoms. The summed E-state index contributed by atoms with van der Waals surface area (Å²) >= 11 is 1.91. The molecule has 0 atom stereocenters. The Balaban J connectivity index is 2.29. The molecular formula is C22H25IO8. The molecule has 0 aromatic heterocycles. The van der Waals surface area contributed by atoms with Gasteiger partial charge in [-0.25, -0.2) is 0 Å². The summed E-state index contributed by atoms with van der Waals surface area (Å²) in [5.74, 6) is 0.676. The van der Waals surface area contributed by atoms with Crippen molar-refractivity contribution in [2.75, 3.05) is 35.0 Å². The first-order valence-corrected chi connectivity index (χ1v) is 10.5. The smallest absolute Gasteiger partial charge is 0.204 e. The number of halogens is 1. The van der Waals surface area contributed by atoms with E-state index in [0.717, 1.165) is 0 Å². The zero-order chi connectivity index (χ0) is 23.1. The highest BCUT2D eigenvalue weighted by Gasteiger charge is 2.24. The van der Waals surface area contributed by atoms with Crippen LogP contribution in [0.15, 0.2) is 18.2 Å². The van der Waals surface area contributed by atoms with E-state index in [4.69, 9.17) is 23.7 Å². The van der Waals surface area contributed by atoms with Gasteiger partial charge in [0.1, 0.15) is 0 Å². The van der Waals surface area contributed by atoms with Crippen molar-refractivity contribution in [1.82, 2.24) is 0 Å². The van der Waals surface area contributed by atoms with Gasteiger partial charge in [-0.3, -0.25) is 9.59 Å². The van der Waals surface area contributed by atoms with Crippen LogP contribution in [0.4, 0.5) is 0 Å². The van der Waals surface area contributed by atoms with E-state index in [2.05, 4.69) is 0 Å². The zero-order valence-corrected chi connectivity index (χ0v) is 20.2. The van der Waals surface area contributed by atoms with Gasteiger partial charge in [0.15, 0.2) is 34.6 Å². The molecule has 0 aliphatic rings. The maximum absolute atomic E-state index is 12.9. The van der Waals surface area contributed by atoms with E-state index in [0.29, 0.717) is 26.4 Å². The van der Waals surface area contributed by atoms with Crippen molar-refractivity contribution in [2.45, 2.75) is 19.8 Å². The van der Waals surface area contributed by atoms with Gasteiger partial charge in [-0.05, 0) is 47.7 Å². The average Bonchev–Trinajstić information content (AvgIpc) is 2.78. The Kier molecular flexibility index (Phi) is 8.78. The van der Waals surface area contributed by atoms with E-state index in [1.165, 1.54) is 34.5 Å². The second-order valence-corrected chi connectivity index (χ2v) is 7.47. The van der Waals surface area contributed by atoms with Crippen LogP contribution >= 0.6 is 22.6 Å². The van der Waals surface area contributed by atoms with E-state index in [1.807, 2.05) is 22.6 Å². The molecule has 9 heteroatoms. The minimum absolute atomic E-state index is 0.0389. The fraction of sp³-hybridized carbons (Fsp3) is 0.364. The summed E-state index contributed by atoms with van der Waals surface area (Å²) in [7, 11) is 5.79. The Morgan fingerprint density at radius 3 is 1.87 bits per heavy atom. The quantitative estimate of drug-likeness (QED) is 0.331. The summed E-state index contributed by atoms with van der Waals surface area (Å²) in [4.78, 5) is 25.7. The lowest BCUT2D eigenvalue weighted by atomic mass is 10.00. The van der Waals surface area contributed by atoms with Gasteiger partial charge in [0.05, 0.1) is 44.2 Å². The van der Waals surface area contributed by atoms with Gasteiger partial charge in [-0.15, -0.1) is 0 Å². The zero-order valence-electron chi connectivity index (χ0n) is 18.0. The van der Waals surface area contributed by atoms with Crippen LogP contribution in [0.1, 0.15) is 40.5 Å².